The lowest BCUT2D eigenvalue weighted by Crippen LogP contribution is -2.45. The van der Waals surface area contributed by atoms with Gasteiger partial charge in [0.15, 0.2) is 0 Å². The molecule has 5 heteroatoms. The molecule has 0 spiro atoms. The van der Waals surface area contributed by atoms with Crippen molar-refractivity contribution in [3.05, 3.63) is 58.4 Å². The largest absolute Gasteiger partial charge is 0.314 e. The molecule has 2 aliphatic rings. The molecule has 1 saturated heterocycles. The summed E-state index contributed by atoms with van der Waals surface area (Å²) in [4.78, 5) is 4.72. The number of hydrogen-bond donors (Lipinski definition) is 1. The number of hydrogen-bond acceptors (Lipinski definition) is 3. The van der Waals surface area contributed by atoms with Crippen molar-refractivity contribution in [2.45, 2.75) is 22.3 Å². The summed E-state index contributed by atoms with van der Waals surface area (Å²) in [6.07, 6.45) is 0.899. The second kappa shape index (κ2) is 6.44. The third kappa shape index (κ3) is 3.13. The Kier molecular flexibility index (Phi) is 4.33. The Morgan fingerprint density at radius 1 is 1.09 bits per heavy atom. The van der Waals surface area contributed by atoms with Gasteiger partial charge < -0.3 is 5.32 Å². The molecule has 2 aliphatic heterocycles. The van der Waals surface area contributed by atoms with E-state index in [1.165, 1.54) is 16.0 Å². The summed E-state index contributed by atoms with van der Waals surface area (Å²) in [5.41, 5.74) is 2.48. The summed E-state index contributed by atoms with van der Waals surface area (Å²) in [5.74, 6) is -0.174. The van der Waals surface area contributed by atoms with Crippen LogP contribution in [0, 0.1) is 5.82 Å². The molecule has 23 heavy (non-hydrogen) atoms. The molecule has 0 aliphatic carbocycles. The van der Waals surface area contributed by atoms with Crippen molar-refractivity contribution < 1.29 is 4.39 Å². The number of piperazine rings is 1. The minimum Gasteiger partial charge on any atom is -0.314 e. The molecule has 1 atom stereocenters. The summed E-state index contributed by atoms with van der Waals surface area (Å²) in [5, 5.41) is 4.17. The third-order valence-corrected chi connectivity index (χ3v) is 6.01. The fraction of sp³-hybridized carbons (Fsp3) is 0.333. The fourth-order valence-electron chi connectivity index (χ4n) is 3.42. The molecular formula is C18H18ClFN2S. The average molecular weight is 349 g/mol. The molecule has 2 aromatic rings. The van der Waals surface area contributed by atoms with E-state index in [0.717, 1.165) is 42.5 Å². The number of benzene rings is 2. The van der Waals surface area contributed by atoms with E-state index in [-0.39, 0.29) is 5.82 Å². The van der Waals surface area contributed by atoms with Crippen molar-refractivity contribution in [2.75, 3.05) is 26.2 Å². The number of rotatable bonds is 1. The Labute approximate surface area is 145 Å². The van der Waals surface area contributed by atoms with Crippen molar-refractivity contribution in [2.24, 2.45) is 0 Å². The molecule has 1 fully saturated rings. The molecule has 2 aromatic carbocycles. The van der Waals surface area contributed by atoms with Gasteiger partial charge >= 0.3 is 0 Å². The first-order chi connectivity index (χ1) is 11.2. The van der Waals surface area contributed by atoms with E-state index in [1.54, 1.807) is 23.9 Å². The van der Waals surface area contributed by atoms with E-state index in [2.05, 4.69) is 22.3 Å². The molecule has 0 unspecified atom stereocenters. The zero-order valence-corrected chi connectivity index (χ0v) is 14.3. The zero-order chi connectivity index (χ0) is 15.8. The molecule has 0 radical (unpaired) electrons. The Hall–Kier alpha value is -1.07. The fourth-order valence-corrected chi connectivity index (χ4v) is 4.74. The zero-order valence-electron chi connectivity index (χ0n) is 12.7. The molecule has 120 valence electrons. The van der Waals surface area contributed by atoms with Crippen LogP contribution in [0.5, 0.6) is 0 Å². The summed E-state index contributed by atoms with van der Waals surface area (Å²) < 4.78 is 13.7. The monoisotopic (exact) mass is 348 g/mol. The van der Waals surface area contributed by atoms with Crippen LogP contribution in [0.25, 0.3) is 0 Å². The van der Waals surface area contributed by atoms with E-state index in [4.69, 9.17) is 11.6 Å². The van der Waals surface area contributed by atoms with Gasteiger partial charge in [-0.15, -0.1) is 0 Å². The van der Waals surface area contributed by atoms with E-state index >= 15 is 0 Å². The predicted octanol–water partition coefficient (Wildman–Crippen LogP) is 4.13. The molecule has 2 heterocycles. The predicted molar refractivity (Wildman–Crippen MR) is 92.9 cm³/mol. The van der Waals surface area contributed by atoms with E-state index in [1.807, 2.05) is 12.1 Å². The van der Waals surface area contributed by atoms with Gasteiger partial charge in [0, 0.05) is 47.0 Å². The SMILES string of the molecule is Fc1ccc2c(c1)Sc1ccc(Cl)cc1[C@H](N1CCNCC1)C2. The van der Waals surface area contributed by atoms with Crippen molar-refractivity contribution in [1.82, 2.24) is 10.2 Å². The van der Waals surface area contributed by atoms with Crippen LogP contribution in [0.1, 0.15) is 17.2 Å². The van der Waals surface area contributed by atoms with Crippen molar-refractivity contribution in [1.29, 1.82) is 0 Å². The van der Waals surface area contributed by atoms with Crippen LogP contribution in [-0.2, 0) is 6.42 Å². The lowest BCUT2D eigenvalue weighted by atomic mass is 9.96. The van der Waals surface area contributed by atoms with Crippen molar-refractivity contribution in [3.63, 3.8) is 0 Å². The first-order valence-electron chi connectivity index (χ1n) is 7.91. The van der Waals surface area contributed by atoms with E-state index in [0.29, 0.717) is 6.04 Å². The molecule has 1 N–H and O–H groups in total. The van der Waals surface area contributed by atoms with Gasteiger partial charge in [-0.25, -0.2) is 4.39 Å². The molecule has 0 aromatic heterocycles. The van der Waals surface area contributed by atoms with Crippen molar-refractivity contribution >= 4 is 23.4 Å². The number of nitrogens with zero attached hydrogens (tertiary/aromatic N) is 1. The Morgan fingerprint density at radius 3 is 2.74 bits per heavy atom. The van der Waals surface area contributed by atoms with Crippen LogP contribution in [0.4, 0.5) is 4.39 Å². The lowest BCUT2D eigenvalue weighted by molar-refractivity contribution is 0.170. The van der Waals surface area contributed by atoms with Gasteiger partial charge in [-0.3, -0.25) is 4.90 Å². The van der Waals surface area contributed by atoms with Gasteiger partial charge in [0.1, 0.15) is 5.82 Å². The van der Waals surface area contributed by atoms with Crippen LogP contribution < -0.4 is 5.32 Å². The van der Waals surface area contributed by atoms with Crippen LogP contribution in [0.3, 0.4) is 0 Å². The minimum absolute atomic E-state index is 0.174. The summed E-state index contributed by atoms with van der Waals surface area (Å²) >= 11 is 7.92. The Balaban J connectivity index is 1.80. The molecular weight excluding hydrogens is 331 g/mol. The molecule has 0 bridgehead atoms. The molecule has 4 rings (SSSR count). The normalized spacial score (nSPS) is 21.4. The average Bonchev–Trinajstić information content (AvgIpc) is 2.72. The van der Waals surface area contributed by atoms with Gasteiger partial charge in [-0.05, 0) is 47.9 Å². The second-order valence-corrected chi connectivity index (χ2v) is 7.56. The number of halogens is 2. The lowest BCUT2D eigenvalue weighted by Gasteiger charge is -2.35. The highest BCUT2D eigenvalue weighted by molar-refractivity contribution is 7.99. The number of nitrogens with one attached hydrogen (secondary N) is 1. The van der Waals surface area contributed by atoms with Gasteiger partial charge in [-0.2, -0.15) is 0 Å². The van der Waals surface area contributed by atoms with Gasteiger partial charge in [0.2, 0.25) is 0 Å². The second-order valence-electron chi connectivity index (χ2n) is 6.04. The van der Waals surface area contributed by atoms with E-state index < -0.39 is 0 Å². The maximum absolute atomic E-state index is 13.7. The molecule has 0 saturated carbocycles. The Bertz CT molecular complexity index is 731. The summed E-state index contributed by atoms with van der Waals surface area (Å²) in [6, 6.07) is 11.5. The first-order valence-corrected chi connectivity index (χ1v) is 9.10. The Morgan fingerprint density at radius 2 is 1.91 bits per heavy atom. The smallest absolute Gasteiger partial charge is 0.124 e. The van der Waals surface area contributed by atoms with Gasteiger partial charge in [0.05, 0.1) is 0 Å². The van der Waals surface area contributed by atoms with Crippen LogP contribution >= 0.6 is 23.4 Å². The first kappa shape index (κ1) is 15.5. The van der Waals surface area contributed by atoms with Crippen LogP contribution in [-0.4, -0.2) is 31.1 Å². The highest BCUT2D eigenvalue weighted by Gasteiger charge is 2.28. The van der Waals surface area contributed by atoms with Crippen molar-refractivity contribution in [3.8, 4) is 0 Å². The van der Waals surface area contributed by atoms with Crippen LogP contribution in [0.15, 0.2) is 46.2 Å². The maximum Gasteiger partial charge on any atom is 0.124 e. The number of fused-ring (bicyclic) bond motifs is 2. The van der Waals surface area contributed by atoms with Crippen LogP contribution in [0.2, 0.25) is 5.02 Å². The van der Waals surface area contributed by atoms with E-state index in [9.17, 15) is 4.39 Å². The molecule has 0 amide bonds. The summed E-state index contributed by atoms with van der Waals surface area (Å²) in [7, 11) is 0. The maximum atomic E-state index is 13.7. The highest BCUT2D eigenvalue weighted by atomic mass is 35.5. The minimum atomic E-state index is -0.174. The quantitative estimate of drug-likeness (QED) is 0.834. The standard InChI is InChI=1S/C18H18ClFN2S/c19-13-2-4-17-15(10-13)16(22-7-5-21-6-8-22)9-12-1-3-14(20)11-18(12)23-17/h1-4,10-11,16,21H,5-9H2/t16-/m1/s1. The third-order valence-electron chi connectivity index (χ3n) is 4.59. The van der Waals surface area contributed by atoms with Gasteiger partial charge in [-0.1, -0.05) is 29.4 Å². The topological polar surface area (TPSA) is 15.3 Å². The highest BCUT2D eigenvalue weighted by Crippen LogP contribution is 2.43. The van der Waals surface area contributed by atoms with Gasteiger partial charge in [0.25, 0.3) is 0 Å². The summed E-state index contributed by atoms with van der Waals surface area (Å²) in [6.45, 7) is 4.07. The molecule has 2 nitrogen and oxygen atoms in total.